The summed E-state index contributed by atoms with van der Waals surface area (Å²) in [6.07, 6.45) is 2.66. The van der Waals surface area contributed by atoms with Crippen LogP contribution in [0.25, 0.3) is 0 Å². The van der Waals surface area contributed by atoms with Crippen molar-refractivity contribution in [1.29, 1.82) is 0 Å². The highest BCUT2D eigenvalue weighted by Crippen LogP contribution is 2.22. The van der Waals surface area contributed by atoms with Crippen molar-refractivity contribution in [3.63, 3.8) is 0 Å². The molecule has 0 aliphatic carbocycles. The molecule has 0 bridgehead atoms. The van der Waals surface area contributed by atoms with Gasteiger partial charge in [-0.3, -0.25) is 4.79 Å². The van der Waals surface area contributed by atoms with E-state index in [-0.39, 0.29) is 12.6 Å². The van der Waals surface area contributed by atoms with Crippen LogP contribution in [0.1, 0.15) is 25.7 Å². The average molecular weight is 342 g/mol. The van der Waals surface area contributed by atoms with Crippen molar-refractivity contribution in [2.75, 3.05) is 37.1 Å². The number of hydrogen-bond donors (Lipinski definition) is 1. The molecule has 0 aromatic carbocycles. The predicted molar refractivity (Wildman–Crippen MR) is 85.8 cm³/mol. The summed E-state index contributed by atoms with van der Waals surface area (Å²) in [4.78, 5) is 22.4. The molecule has 1 N–H and O–H groups in total. The number of amides is 1. The van der Waals surface area contributed by atoms with Crippen LogP contribution >= 0.6 is 0 Å². The fourth-order valence-corrected chi connectivity index (χ4v) is 2.95. The van der Waals surface area contributed by atoms with Crippen molar-refractivity contribution in [3.05, 3.63) is 18.1 Å². The molecule has 1 saturated heterocycles. The first kappa shape index (κ1) is 17.6. The third-order valence-corrected chi connectivity index (χ3v) is 4.01. The van der Waals surface area contributed by atoms with Gasteiger partial charge in [-0.25, -0.2) is 18.4 Å². The van der Waals surface area contributed by atoms with E-state index >= 15 is 0 Å². The lowest BCUT2D eigenvalue weighted by molar-refractivity contribution is -0.137. The van der Waals surface area contributed by atoms with Crippen LogP contribution in [0.3, 0.4) is 0 Å². The van der Waals surface area contributed by atoms with Crippen LogP contribution in [-0.4, -0.2) is 67.0 Å². The fourth-order valence-electron chi connectivity index (χ4n) is 2.33. The second-order valence-electron chi connectivity index (χ2n) is 5.85. The maximum absolute atomic E-state index is 12.3. The van der Waals surface area contributed by atoms with Gasteiger partial charge in [0.25, 0.3) is 0 Å². The summed E-state index contributed by atoms with van der Waals surface area (Å²) in [7, 11) is -3.39. The highest BCUT2D eigenvalue weighted by Gasteiger charge is 2.32. The number of sulfone groups is 1. The fraction of sp³-hybridized carbons (Fsp3) is 0.643. The molecule has 23 heavy (non-hydrogen) atoms. The molecule has 128 valence electrons. The number of ether oxygens (including phenoxy) is 1. The number of nitrogens with one attached hydrogen (secondary N) is 1. The van der Waals surface area contributed by atoms with Gasteiger partial charge in [-0.05, 0) is 19.9 Å². The maximum Gasteiger partial charge on any atom is 0.238 e. The highest BCUT2D eigenvalue weighted by atomic mass is 32.2. The van der Waals surface area contributed by atoms with Gasteiger partial charge in [0.15, 0.2) is 15.7 Å². The number of rotatable bonds is 5. The molecule has 1 amide bonds. The molecule has 1 aliphatic rings. The van der Waals surface area contributed by atoms with Crippen LogP contribution in [-0.2, 0) is 19.4 Å². The molecule has 1 atom stereocenters. The van der Waals surface area contributed by atoms with Gasteiger partial charge in [-0.15, -0.1) is 0 Å². The zero-order chi connectivity index (χ0) is 17.0. The molecule has 9 heteroatoms. The third kappa shape index (κ3) is 5.14. The van der Waals surface area contributed by atoms with Crippen molar-refractivity contribution in [3.8, 4) is 0 Å². The molecular formula is C14H22N4O4S. The summed E-state index contributed by atoms with van der Waals surface area (Å²) in [5.74, 6) is 0.128. The highest BCUT2D eigenvalue weighted by molar-refractivity contribution is 7.91. The van der Waals surface area contributed by atoms with E-state index in [1.54, 1.807) is 12.3 Å². The van der Waals surface area contributed by atoms with Gasteiger partial charge in [0.05, 0.1) is 13.2 Å². The van der Waals surface area contributed by atoms with Crippen LogP contribution in [0.15, 0.2) is 12.3 Å². The van der Waals surface area contributed by atoms with Gasteiger partial charge in [-0.1, -0.05) is 0 Å². The standard InChI is InChI=1S/C14H22N4O4S/c1-10(2)16-12-4-5-15-14(17-12)11-8-22-7-6-18(11)13(19)9-23(3,20)21/h4-5,10-11H,6-9H2,1-3H3,(H,15,16,17). The quantitative estimate of drug-likeness (QED) is 0.818. The number of anilines is 1. The minimum Gasteiger partial charge on any atom is -0.377 e. The van der Waals surface area contributed by atoms with Crippen molar-refractivity contribution in [1.82, 2.24) is 14.9 Å². The molecular weight excluding hydrogens is 320 g/mol. The number of carbonyl (C=O) groups excluding carboxylic acids is 1. The summed E-state index contributed by atoms with van der Waals surface area (Å²) in [5, 5.41) is 3.18. The lowest BCUT2D eigenvalue weighted by Crippen LogP contribution is -2.46. The lowest BCUT2D eigenvalue weighted by Gasteiger charge is -2.34. The van der Waals surface area contributed by atoms with Gasteiger partial charge in [0, 0.05) is 25.0 Å². The van der Waals surface area contributed by atoms with Gasteiger partial charge in [-0.2, -0.15) is 0 Å². The zero-order valence-electron chi connectivity index (χ0n) is 13.5. The molecule has 0 spiro atoms. The Bertz CT molecular complexity index is 662. The normalized spacial score (nSPS) is 19.0. The molecule has 0 saturated carbocycles. The molecule has 2 rings (SSSR count). The van der Waals surface area contributed by atoms with Gasteiger partial charge in [0.2, 0.25) is 5.91 Å². The first-order valence-corrected chi connectivity index (χ1v) is 9.47. The van der Waals surface area contributed by atoms with Crippen molar-refractivity contribution in [2.45, 2.75) is 25.9 Å². The minimum absolute atomic E-state index is 0.211. The predicted octanol–water partition coefficient (Wildman–Crippen LogP) is 0.241. The Balaban J connectivity index is 2.22. The molecule has 1 fully saturated rings. The SMILES string of the molecule is CC(C)Nc1ccnc(C2COCCN2C(=O)CS(C)(=O)=O)n1. The molecule has 1 unspecified atom stereocenters. The third-order valence-electron chi connectivity index (χ3n) is 3.24. The molecule has 1 aromatic rings. The van der Waals surface area contributed by atoms with Crippen LogP contribution in [0, 0.1) is 0 Å². The lowest BCUT2D eigenvalue weighted by atomic mass is 10.2. The molecule has 8 nitrogen and oxygen atoms in total. The van der Waals surface area contributed by atoms with E-state index in [0.29, 0.717) is 24.8 Å². The van der Waals surface area contributed by atoms with E-state index in [1.165, 1.54) is 4.90 Å². The monoisotopic (exact) mass is 342 g/mol. The van der Waals surface area contributed by atoms with Crippen molar-refractivity contribution < 1.29 is 17.9 Å². The van der Waals surface area contributed by atoms with E-state index in [0.717, 1.165) is 6.26 Å². The largest absolute Gasteiger partial charge is 0.377 e. The van der Waals surface area contributed by atoms with Crippen molar-refractivity contribution >= 4 is 21.6 Å². The van der Waals surface area contributed by atoms with E-state index in [2.05, 4.69) is 15.3 Å². The van der Waals surface area contributed by atoms with Crippen molar-refractivity contribution in [2.24, 2.45) is 0 Å². The second-order valence-corrected chi connectivity index (χ2v) is 7.99. The van der Waals surface area contributed by atoms with Crippen LogP contribution < -0.4 is 5.32 Å². The molecule has 0 radical (unpaired) electrons. The minimum atomic E-state index is -3.39. The van der Waals surface area contributed by atoms with E-state index in [4.69, 9.17) is 4.74 Å². The summed E-state index contributed by atoms with van der Waals surface area (Å²) in [6.45, 7) is 4.93. The molecule has 1 aromatic heterocycles. The Morgan fingerprint density at radius 1 is 1.52 bits per heavy atom. The smallest absolute Gasteiger partial charge is 0.238 e. The van der Waals surface area contributed by atoms with E-state index in [9.17, 15) is 13.2 Å². The Morgan fingerprint density at radius 3 is 2.91 bits per heavy atom. The zero-order valence-corrected chi connectivity index (χ0v) is 14.3. The van der Waals surface area contributed by atoms with Crippen LogP contribution in [0.2, 0.25) is 0 Å². The first-order chi connectivity index (χ1) is 10.8. The summed E-state index contributed by atoms with van der Waals surface area (Å²) >= 11 is 0. The average Bonchev–Trinajstić information content (AvgIpc) is 2.45. The molecule has 1 aliphatic heterocycles. The first-order valence-electron chi connectivity index (χ1n) is 7.40. The number of carbonyl (C=O) groups is 1. The van der Waals surface area contributed by atoms with Crippen LogP contribution in [0.4, 0.5) is 5.82 Å². The van der Waals surface area contributed by atoms with Gasteiger partial charge < -0.3 is 15.0 Å². The summed E-state index contributed by atoms with van der Waals surface area (Å²) in [6, 6.07) is 1.48. The summed E-state index contributed by atoms with van der Waals surface area (Å²) in [5.41, 5.74) is 0. The van der Waals surface area contributed by atoms with Gasteiger partial charge in [0.1, 0.15) is 17.6 Å². The Kier molecular flexibility index (Phi) is 5.53. The van der Waals surface area contributed by atoms with Crippen LogP contribution in [0.5, 0.6) is 0 Å². The Morgan fingerprint density at radius 2 is 2.26 bits per heavy atom. The molecule has 2 heterocycles. The van der Waals surface area contributed by atoms with E-state index < -0.39 is 27.5 Å². The number of aromatic nitrogens is 2. The van der Waals surface area contributed by atoms with E-state index in [1.807, 2.05) is 13.8 Å². The topological polar surface area (TPSA) is 101 Å². The Hall–Kier alpha value is -1.74. The summed E-state index contributed by atoms with van der Waals surface area (Å²) < 4.78 is 28.2. The Labute approximate surface area is 136 Å². The number of nitrogens with zero attached hydrogens (tertiary/aromatic N) is 3. The second kappa shape index (κ2) is 7.22. The van der Waals surface area contributed by atoms with Gasteiger partial charge >= 0.3 is 0 Å². The number of hydrogen-bond acceptors (Lipinski definition) is 7. The number of morpholine rings is 1. The maximum atomic E-state index is 12.3.